The second-order valence-corrected chi connectivity index (χ2v) is 6.14. The Balaban J connectivity index is 1.65. The lowest BCUT2D eigenvalue weighted by Gasteiger charge is -2.19. The highest BCUT2D eigenvalue weighted by molar-refractivity contribution is 5.77. The number of nitrogens with one attached hydrogen (secondary N) is 1. The van der Waals surface area contributed by atoms with Crippen LogP contribution in [0.3, 0.4) is 0 Å². The van der Waals surface area contributed by atoms with Gasteiger partial charge in [-0.25, -0.2) is 9.18 Å². The highest BCUT2D eigenvalue weighted by Crippen LogP contribution is 2.29. The number of benzene rings is 2. The Labute approximate surface area is 151 Å². The first-order chi connectivity index (χ1) is 12.6. The van der Waals surface area contributed by atoms with Crippen molar-refractivity contribution in [1.29, 1.82) is 0 Å². The van der Waals surface area contributed by atoms with Crippen LogP contribution in [0.25, 0.3) is 0 Å². The maximum Gasteiger partial charge on any atom is 0.409 e. The molecule has 2 aromatic carbocycles. The van der Waals surface area contributed by atoms with Crippen LogP contribution in [0.5, 0.6) is 0 Å². The Bertz CT molecular complexity index is 767. The molecule has 1 aliphatic heterocycles. The van der Waals surface area contributed by atoms with Gasteiger partial charge in [-0.3, -0.25) is 4.79 Å². The van der Waals surface area contributed by atoms with Crippen molar-refractivity contribution < 1.29 is 18.7 Å². The molecule has 2 amide bonds. The quantitative estimate of drug-likeness (QED) is 0.830. The predicted octanol–water partition coefficient (Wildman–Crippen LogP) is 2.92. The summed E-state index contributed by atoms with van der Waals surface area (Å²) >= 11 is 0. The van der Waals surface area contributed by atoms with Crippen LogP contribution in [0.15, 0.2) is 54.6 Å². The van der Waals surface area contributed by atoms with Crippen LogP contribution >= 0.6 is 0 Å². The van der Waals surface area contributed by atoms with Gasteiger partial charge in [0.15, 0.2) is 0 Å². The Morgan fingerprint density at radius 3 is 2.58 bits per heavy atom. The molecule has 1 aliphatic rings. The van der Waals surface area contributed by atoms with E-state index in [-0.39, 0.29) is 30.2 Å². The molecule has 0 aromatic heterocycles. The van der Waals surface area contributed by atoms with Gasteiger partial charge in [0, 0.05) is 25.4 Å². The van der Waals surface area contributed by atoms with E-state index in [2.05, 4.69) is 5.32 Å². The summed E-state index contributed by atoms with van der Waals surface area (Å²) in [5.74, 6) is -0.877. The van der Waals surface area contributed by atoms with Crippen molar-refractivity contribution in [3.63, 3.8) is 0 Å². The van der Waals surface area contributed by atoms with Crippen molar-refractivity contribution in [2.24, 2.45) is 0 Å². The highest BCUT2D eigenvalue weighted by atomic mass is 19.1. The monoisotopic (exact) mass is 356 g/mol. The van der Waals surface area contributed by atoms with Gasteiger partial charge in [-0.2, -0.15) is 0 Å². The van der Waals surface area contributed by atoms with E-state index < -0.39 is 0 Å². The SMILES string of the molecule is O=C(C[C@@H](c1ccccc1)c1ccccc1F)NCCN1CCOC1=O. The number of nitrogens with zero attached hydrogens (tertiary/aromatic N) is 1. The number of amides is 2. The van der Waals surface area contributed by atoms with E-state index in [0.717, 1.165) is 5.56 Å². The third-order valence-corrected chi connectivity index (χ3v) is 4.42. The van der Waals surface area contributed by atoms with E-state index in [9.17, 15) is 14.0 Å². The molecule has 0 aliphatic carbocycles. The smallest absolute Gasteiger partial charge is 0.409 e. The van der Waals surface area contributed by atoms with Crippen LogP contribution < -0.4 is 5.32 Å². The molecular weight excluding hydrogens is 335 g/mol. The van der Waals surface area contributed by atoms with E-state index in [0.29, 0.717) is 31.8 Å². The Hall–Kier alpha value is -2.89. The van der Waals surface area contributed by atoms with Gasteiger partial charge in [0.05, 0.1) is 6.54 Å². The molecule has 1 atom stereocenters. The van der Waals surface area contributed by atoms with Crippen molar-refractivity contribution in [1.82, 2.24) is 10.2 Å². The lowest BCUT2D eigenvalue weighted by Crippen LogP contribution is -2.35. The fraction of sp³-hybridized carbons (Fsp3) is 0.300. The van der Waals surface area contributed by atoms with Crippen molar-refractivity contribution in [3.05, 3.63) is 71.5 Å². The van der Waals surface area contributed by atoms with E-state index in [1.807, 2.05) is 30.3 Å². The molecule has 6 heteroatoms. The normalized spacial score (nSPS) is 14.8. The number of hydrogen-bond acceptors (Lipinski definition) is 3. The number of halogens is 1. The summed E-state index contributed by atoms with van der Waals surface area (Å²) < 4.78 is 19.1. The highest BCUT2D eigenvalue weighted by Gasteiger charge is 2.23. The van der Waals surface area contributed by atoms with E-state index in [1.165, 1.54) is 6.07 Å². The number of ether oxygens (including phenoxy) is 1. The summed E-state index contributed by atoms with van der Waals surface area (Å²) in [6, 6.07) is 15.9. The topological polar surface area (TPSA) is 58.6 Å². The minimum absolute atomic E-state index is 0.134. The van der Waals surface area contributed by atoms with Gasteiger partial charge < -0.3 is 15.0 Å². The van der Waals surface area contributed by atoms with Gasteiger partial charge in [-0.1, -0.05) is 48.5 Å². The van der Waals surface area contributed by atoms with Gasteiger partial charge in [0.2, 0.25) is 5.91 Å². The van der Waals surface area contributed by atoms with E-state index >= 15 is 0 Å². The molecule has 136 valence electrons. The number of carbonyl (C=O) groups is 2. The van der Waals surface area contributed by atoms with Crippen molar-refractivity contribution in [3.8, 4) is 0 Å². The van der Waals surface area contributed by atoms with Crippen LogP contribution in [0.4, 0.5) is 9.18 Å². The molecule has 0 spiro atoms. The molecule has 26 heavy (non-hydrogen) atoms. The molecule has 1 fully saturated rings. The van der Waals surface area contributed by atoms with Gasteiger partial charge in [0.25, 0.3) is 0 Å². The molecule has 1 heterocycles. The number of rotatable bonds is 7. The molecule has 2 aromatic rings. The molecule has 1 N–H and O–H groups in total. The first kappa shape index (κ1) is 17.9. The molecule has 0 bridgehead atoms. The summed E-state index contributed by atoms with van der Waals surface area (Å²) in [7, 11) is 0. The lowest BCUT2D eigenvalue weighted by atomic mass is 9.88. The maximum absolute atomic E-state index is 14.3. The second kappa shape index (κ2) is 8.47. The summed E-state index contributed by atoms with van der Waals surface area (Å²) in [6.45, 7) is 1.67. The average molecular weight is 356 g/mol. The lowest BCUT2D eigenvalue weighted by molar-refractivity contribution is -0.121. The average Bonchev–Trinajstić information content (AvgIpc) is 3.06. The molecule has 0 unspecified atom stereocenters. The zero-order valence-corrected chi connectivity index (χ0v) is 14.4. The summed E-state index contributed by atoms with van der Waals surface area (Å²) in [4.78, 5) is 25.3. The largest absolute Gasteiger partial charge is 0.448 e. The molecule has 5 nitrogen and oxygen atoms in total. The standard InChI is InChI=1S/C20H21FN2O3/c21-18-9-5-4-8-16(18)17(15-6-2-1-3-7-15)14-19(24)22-10-11-23-12-13-26-20(23)25/h1-9,17H,10-14H2,(H,22,24)/t17-/m0/s1. The summed E-state index contributed by atoms with van der Waals surface area (Å²) in [5, 5.41) is 2.81. The first-order valence-electron chi connectivity index (χ1n) is 8.63. The third kappa shape index (κ3) is 4.39. The molecule has 0 saturated carbocycles. The number of hydrogen-bond donors (Lipinski definition) is 1. The third-order valence-electron chi connectivity index (χ3n) is 4.42. The summed E-state index contributed by atoms with van der Waals surface area (Å²) in [6.07, 6.45) is -0.220. The van der Waals surface area contributed by atoms with Crippen LogP contribution in [-0.4, -0.2) is 43.1 Å². The molecule has 3 rings (SSSR count). The van der Waals surface area contributed by atoms with E-state index in [1.54, 1.807) is 23.1 Å². The fourth-order valence-electron chi connectivity index (χ4n) is 3.07. The molecular formula is C20H21FN2O3. The number of cyclic esters (lactones) is 1. The second-order valence-electron chi connectivity index (χ2n) is 6.14. The van der Waals surface area contributed by atoms with Gasteiger partial charge in [-0.05, 0) is 17.2 Å². The van der Waals surface area contributed by atoms with Crippen LogP contribution in [-0.2, 0) is 9.53 Å². The summed E-state index contributed by atoms with van der Waals surface area (Å²) in [5.41, 5.74) is 1.38. The van der Waals surface area contributed by atoms with Crippen molar-refractivity contribution in [2.45, 2.75) is 12.3 Å². The zero-order valence-electron chi connectivity index (χ0n) is 14.4. The Morgan fingerprint density at radius 2 is 1.88 bits per heavy atom. The number of carbonyl (C=O) groups excluding carboxylic acids is 2. The van der Waals surface area contributed by atoms with Gasteiger partial charge >= 0.3 is 6.09 Å². The van der Waals surface area contributed by atoms with Gasteiger partial charge in [-0.15, -0.1) is 0 Å². The van der Waals surface area contributed by atoms with Gasteiger partial charge in [0.1, 0.15) is 12.4 Å². The molecule has 0 radical (unpaired) electrons. The van der Waals surface area contributed by atoms with Crippen LogP contribution in [0.1, 0.15) is 23.5 Å². The first-order valence-corrected chi connectivity index (χ1v) is 8.63. The molecule has 1 saturated heterocycles. The predicted molar refractivity (Wildman–Crippen MR) is 95.2 cm³/mol. The minimum atomic E-state index is -0.367. The van der Waals surface area contributed by atoms with Crippen LogP contribution in [0, 0.1) is 5.82 Å². The maximum atomic E-state index is 14.3. The van der Waals surface area contributed by atoms with Crippen molar-refractivity contribution >= 4 is 12.0 Å². The zero-order chi connectivity index (χ0) is 18.4. The Kier molecular flexibility index (Phi) is 5.84. The Morgan fingerprint density at radius 1 is 1.15 bits per heavy atom. The fourth-order valence-corrected chi connectivity index (χ4v) is 3.07. The van der Waals surface area contributed by atoms with Crippen molar-refractivity contribution in [2.75, 3.05) is 26.2 Å². The van der Waals surface area contributed by atoms with Crippen LogP contribution in [0.2, 0.25) is 0 Å². The van der Waals surface area contributed by atoms with E-state index in [4.69, 9.17) is 4.74 Å². The minimum Gasteiger partial charge on any atom is -0.448 e.